The van der Waals surface area contributed by atoms with Crippen LogP contribution in [0.25, 0.3) is 55.0 Å². The molecule has 7 rings (SSSR count). The third-order valence-electron chi connectivity index (χ3n) is 6.91. The summed E-state index contributed by atoms with van der Waals surface area (Å²) in [6, 6.07) is 16.9. The fraction of sp³-hybridized carbons (Fsp3) is 0.179. The lowest BCUT2D eigenvalue weighted by atomic mass is 10.1. The molecule has 0 spiro atoms. The zero-order valence-electron chi connectivity index (χ0n) is 20.0. The average molecular weight is 531 g/mol. The molecule has 0 amide bonds. The topological polar surface area (TPSA) is 73.5 Å². The molecule has 10 heteroatoms. The number of benzene rings is 1. The third kappa shape index (κ3) is 4.15. The van der Waals surface area contributed by atoms with E-state index in [1.54, 1.807) is 23.4 Å². The van der Waals surface area contributed by atoms with E-state index >= 15 is 0 Å². The van der Waals surface area contributed by atoms with Crippen molar-refractivity contribution in [1.29, 1.82) is 0 Å². The number of hydrogen-bond donors (Lipinski definition) is 2. The van der Waals surface area contributed by atoms with Crippen molar-refractivity contribution in [2.24, 2.45) is 0 Å². The molecule has 6 heterocycles. The molecule has 38 heavy (non-hydrogen) atoms. The number of aromatic nitrogens is 5. The van der Waals surface area contributed by atoms with Gasteiger partial charge in [0, 0.05) is 58.8 Å². The molecule has 1 aliphatic rings. The number of hydrogen-bond acceptors (Lipinski definition) is 5. The van der Waals surface area contributed by atoms with Crippen LogP contribution in [0, 0.1) is 5.13 Å². The first kappa shape index (κ1) is 23.1. The lowest BCUT2D eigenvalue weighted by Gasteiger charge is -2.15. The van der Waals surface area contributed by atoms with E-state index in [0.29, 0.717) is 30.0 Å². The Hall–Kier alpha value is -4.02. The molecule has 0 saturated carbocycles. The van der Waals surface area contributed by atoms with Crippen molar-refractivity contribution < 1.29 is 13.2 Å². The van der Waals surface area contributed by atoms with Gasteiger partial charge in [-0.3, -0.25) is 15.0 Å². The first-order valence-corrected chi connectivity index (χ1v) is 13.0. The van der Waals surface area contributed by atoms with E-state index in [4.69, 9.17) is 4.98 Å². The number of H-pyrrole nitrogens is 2. The minimum Gasteiger partial charge on any atom is -0.353 e. The van der Waals surface area contributed by atoms with Gasteiger partial charge in [0.15, 0.2) is 5.13 Å². The zero-order valence-corrected chi connectivity index (χ0v) is 20.8. The number of rotatable bonds is 5. The highest BCUT2D eigenvalue weighted by molar-refractivity contribution is 7.14. The molecular weight excluding hydrogens is 509 g/mol. The number of halogens is 3. The first-order chi connectivity index (χ1) is 18.4. The highest BCUT2D eigenvalue weighted by Crippen LogP contribution is 2.36. The second-order valence-corrected chi connectivity index (χ2v) is 10.7. The Bertz CT molecular complexity index is 1800. The van der Waals surface area contributed by atoms with E-state index in [9.17, 15) is 13.2 Å². The number of aromatic amines is 2. The molecule has 0 atom stereocenters. The van der Waals surface area contributed by atoms with E-state index in [1.165, 1.54) is 6.07 Å². The standard InChI is InChI=1S/C28H21F3N6S/c29-25-7-6-24(38-25)18-2-1-3-21-19(18)11-23(33-21)27-26-22(35-36-27)5-4-20(34-26)17-10-16(12-32-13-17)14-37-9-8-28(30,31)15-37/h1-7,10-13,33H,8-9,14-15H2,(H,35,36). The molecular formula is C28H21F3N6S. The molecule has 0 bridgehead atoms. The number of fused-ring (bicyclic) bond motifs is 2. The number of pyridine rings is 2. The predicted molar refractivity (Wildman–Crippen MR) is 143 cm³/mol. The molecule has 6 aromatic rings. The minimum atomic E-state index is -2.63. The van der Waals surface area contributed by atoms with Gasteiger partial charge in [-0.05, 0) is 48.0 Å². The molecule has 0 radical (unpaired) electrons. The van der Waals surface area contributed by atoms with E-state index in [0.717, 1.165) is 55.0 Å². The molecule has 0 unspecified atom stereocenters. The molecule has 0 aliphatic carbocycles. The van der Waals surface area contributed by atoms with E-state index in [1.807, 2.05) is 42.5 Å². The van der Waals surface area contributed by atoms with Crippen molar-refractivity contribution in [1.82, 2.24) is 30.0 Å². The average Bonchev–Trinajstić information content (AvgIpc) is 3.69. The maximum Gasteiger partial charge on any atom is 0.261 e. The molecule has 5 aromatic heterocycles. The van der Waals surface area contributed by atoms with Gasteiger partial charge in [0.1, 0.15) is 11.2 Å². The summed E-state index contributed by atoms with van der Waals surface area (Å²) in [5.41, 5.74) is 7.20. The summed E-state index contributed by atoms with van der Waals surface area (Å²) in [5, 5.41) is 8.34. The third-order valence-corrected chi connectivity index (χ3v) is 7.82. The Labute approximate surface area is 219 Å². The summed E-state index contributed by atoms with van der Waals surface area (Å²) in [6.45, 7) is 0.558. The predicted octanol–water partition coefficient (Wildman–Crippen LogP) is 6.88. The molecule has 1 aromatic carbocycles. The Balaban J connectivity index is 1.24. The van der Waals surface area contributed by atoms with Gasteiger partial charge in [0.25, 0.3) is 5.92 Å². The minimum absolute atomic E-state index is 0.110. The Morgan fingerprint density at radius 2 is 1.95 bits per heavy atom. The summed E-state index contributed by atoms with van der Waals surface area (Å²) in [7, 11) is 0. The fourth-order valence-electron chi connectivity index (χ4n) is 5.12. The van der Waals surface area contributed by atoms with E-state index < -0.39 is 5.92 Å². The molecule has 6 nitrogen and oxygen atoms in total. The molecule has 1 fully saturated rings. The highest BCUT2D eigenvalue weighted by atomic mass is 32.1. The van der Waals surface area contributed by atoms with Gasteiger partial charge in [-0.2, -0.15) is 9.49 Å². The maximum atomic E-state index is 13.7. The molecule has 1 saturated heterocycles. The van der Waals surface area contributed by atoms with Gasteiger partial charge >= 0.3 is 0 Å². The van der Waals surface area contributed by atoms with Crippen LogP contribution < -0.4 is 0 Å². The van der Waals surface area contributed by atoms with Crippen molar-refractivity contribution in [2.45, 2.75) is 18.9 Å². The smallest absolute Gasteiger partial charge is 0.261 e. The second-order valence-electron chi connectivity index (χ2n) is 9.62. The second kappa shape index (κ2) is 8.78. The Kier molecular flexibility index (Phi) is 5.34. The van der Waals surface area contributed by atoms with Gasteiger partial charge in [0.05, 0.1) is 23.4 Å². The quantitative estimate of drug-likeness (QED) is 0.255. The Morgan fingerprint density at radius 3 is 2.76 bits per heavy atom. The van der Waals surface area contributed by atoms with Gasteiger partial charge in [-0.25, -0.2) is 13.8 Å². The van der Waals surface area contributed by atoms with Crippen LogP contribution in [0.2, 0.25) is 0 Å². The van der Waals surface area contributed by atoms with E-state index in [2.05, 4.69) is 20.2 Å². The van der Waals surface area contributed by atoms with Crippen LogP contribution >= 0.6 is 11.3 Å². The first-order valence-electron chi connectivity index (χ1n) is 12.2. The number of nitrogens with zero attached hydrogens (tertiary/aromatic N) is 4. The summed E-state index contributed by atoms with van der Waals surface area (Å²) >= 11 is 1.11. The lowest BCUT2D eigenvalue weighted by molar-refractivity contribution is 0.0115. The van der Waals surface area contributed by atoms with Gasteiger partial charge in [-0.15, -0.1) is 11.3 Å². The highest BCUT2D eigenvalue weighted by Gasteiger charge is 2.37. The van der Waals surface area contributed by atoms with Gasteiger partial charge in [0.2, 0.25) is 0 Å². The van der Waals surface area contributed by atoms with Crippen LogP contribution in [0.3, 0.4) is 0 Å². The number of thiophene rings is 1. The number of likely N-dealkylation sites (tertiary alicyclic amines) is 1. The summed E-state index contributed by atoms with van der Waals surface area (Å²) in [5.74, 6) is -2.63. The van der Waals surface area contributed by atoms with Crippen molar-refractivity contribution in [3.63, 3.8) is 0 Å². The van der Waals surface area contributed by atoms with E-state index in [-0.39, 0.29) is 18.1 Å². The summed E-state index contributed by atoms with van der Waals surface area (Å²) < 4.78 is 40.9. The van der Waals surface area contributed by atoms with Crippen LogP contribution in [-0.4, -0.2) is 49.1 Å². The van der Waals surface area contributed by atoms with Crippen LogP contribution in [0.4, 0.5) is 13.2 Å². The number of nitrogens with one attached hydrogen (secondary N) is 2. The normalized spacial score (nSPS) is 15.7. The molecule has 190 valence electrons. The van der Waals surface area contributed by atoms with Crippen LogP contribution in [-0.2, 0) is 6.54 Å². The lowest BCUT2D eigenvalue weighted by Crippen LogP contribution is -2.24. The fourth-order valence-corrected chi connectivity index (χ4v) is 5.89. The monoisotopic (exact) mass is 530 g/mol. The SMILES string of the molecule is Fc1ccc(-c2cccc3[nH]c(-c4n[nH]c5ccc(-c6cncc(CN7CCC(F)(F)C7)c6)nc45)cc23)s1. The molecule has 2 N–H and O–H groups in total. The zero-order chi connectivity index (χ0) is 25.9. The van der Waals surface area contributed by atoms with Gasteiger partial charge < -0.3 is 4.98 Å². The Morgan fingerprint density at radius 1 is 1.03 bits per heavy atom. The van der Waals surface area contributed by atoms with Crippen molar-refractivity contribution in [2.75, 3.05) is 13.1 Å². The number of alkyl halides is 2. The van der Waals surface area contributed by atoms with Crippen LogP contribution in [0.15, 0.2) is 67.0 Å². The van der Waals surface area contributed by atoms with Crippen molar-refractivity contribution in [3.05, 3.63) is 77.7 Å². The molecule has 1 aliphatic heterocycles. The maximum absolute atomic E-state index is 13.7. The van der Waals surface area contributed by atoms with Crippen LogP contribution in [0.5, 0.6) is 0 Å². The summed E-state index contributed by atoms with van der Waals surface area (Å²) in [6.07, 6.45) is 3.33. The van der Waals surface area contributed by atoms with Gasteiger partial charge in [-0.1, -0.05) is 12.1 Å². The van der Waals surface area contributed by atoms with Crippen molar-refractivity contribution >= 4 is 33.3 Å². The largest absolute Gasteiger partial charge is 0.353 e. The summed E-state index contributed by atoms with van der Waals surface area (Å²) in [4.78, 5) is 15.3. The van der Waals surface area contributed by atoms with Crippen molar-refractivity contribution in [3.8, 4) is 33.1 Å². The van der Waals surface area contributed by atoms with Crippen LogP contribution in [0.1, 0.15) is 12.0 Å².